The quantitative estimate of drug-likeness (QED) is 0.923. The van der Waals surface area contributed by atoms with Gasteiger partial charge in [0.1, 0.15) is 0 Å². The van der Waals surface area contributed by atoms with E-state index in [0.717, 1.165) is 5.69 Å². The Morgan fingerprint density at radius 3 is 2.30 bits per heavy atom. The van der Waals surface area contributed by atoms with Crippen LogP contribution < -0.4 is 5.32 Å². The summed E-state index contributed by atoms with van der Waals surface area (Å²) >= 11 is 1.66. The molecular weight excluding hydrogens is 292 g/mol. The minimum atomic E-state index is -3.36. The van der Waals surface area contributed by atoms with Gasteiger partial charge >= 0.3 is 0 Å². The third kappa shape index (κ3) is 3.20. The largest absolute Gasteiger partial charge is 0.378 e. The van der Waals surface area contributed by atoms with Crippen LogP contribution in [0.25, 0.3) is 0 Å². The summed E-state index contributed by atoms with van der Waals surface area (Å²) in [5, 5.41) is 7.49. The zero-order chi connectivity index (χ0) is 14.8. The van der Waals surface area contributed by atoms with Crippen molar-refractivity contribution < 1.29 is 8.42 Å². The number of benzene rings is 1. The number of nitrogens with zero attached hydrogens (tertiary/aromatic N) is 1. The van der Waals surface area contributed by atoms with Gasteiger partial charge in [0.15, 0.2) is 0 Å². The maximum Gasteiger partial charge on any atom is 0.242 e. The van der Waals surface area contributed by atoms with E-state index in [1.54, 1.807) is 35.6 Å². The minimum absolute atomic E-state index is 0.192. The summed E-state index contributed by atoms with van der Waals surface area (Å²) in [6.45, 7) is 2.08. The highest BCUT2D eigenvalue weighted by Gasteiger charge is 2.16. The Balaban J connectivity index is 2.13. The maximum atomic E-state index is 12.0. The first kappa shape index (κ1) is 15.0. The van der Waals surface area contributed by atoms with Crippen LogP contribution in [0.15, 0.2) is 46.0 Å². The number of hydrogen-bond acceptors (Lipinski definition) is 4. The van der Waals surface area contributed by atoms with Gasteiger partial charge < -0.3 is 5.32 Å². The second kappa shape index (κ2) is 5.95. The van der Waals surface area contributed by atoms with Crippen molar-refractivity contribution in [2.24, 2.45) is 0 Å². The van der Waals surface area contributed by atoms with Crippen LogP contribution in [0, 0.1) is 0 Å². The molecule has 1 N–H and O–H groups in total. The lowest BCUT2D eigenvalue weighted by Crippen LogP contribution is -2.22. The van der Waals surface area contributed by atoms with Gasteiger partial charge in [-0.15, -0.1) is 0 Å². The van der Waals surface area contributed by atoms with Crippen molar-refractivity contribution in [3.8, 4) is 0 Å². The smallest absolute Gasteiger partial charge is 0.242 e. The van der Waals surface area contributed by atoms with Crippen molar-refractivity contribution in [2.45, 2.75) is 17.9 Å². The molecule has 0 aliphatic heterocycles. The molecule has 0 saturated heterocycles. The van der Waals surface area contributed by atoms with Crippen LogP contribution in [-0.2, 0) is 10.0 Å². The second-order valence-corrected chi connectivity index (χ2v) is 7.67. The van der Waals surface area contributed by atoms with Crippen LogP contribution in [0.5, 0.6) is 0 Å². The molecule has 0 fully saturated rings. The predicted molar refractivity (Wildman–Crippen MR) is 83.7 cm³/mol. The van der Waals surface area contributed by atoms with Crippen molar-refractivity contribution in [2.75, 3.05) is 19.4 Å². The fourth-order valence-electron chi connectivity index (χ4n) is 1.79. The van der Waals surface area contributed by atoms with Crippen molar-refractivity contribution in [1.82, 2.24) is 4.31 Å². The topological polar surface area (TPSA) is 49.4 Å². The van der Waals surface area contributed by atoms with Crippen molar-refractivity contribution in [3.05, 3.63) is 46.7 Å². The Hall–Kier alpha value is -1.37. The third-order valence-electron chi connectivity index (χ3n) is 3.06. The van der Waals surface area contributed by atoms with E-state index in [1.807, 2.05) is 5.38 Å². The summed E-state index contributed by atoms with van der Waals surface area (Å²) in [5.41, 5.74) is 2.13. The van der Waals surface area contributed by atoms with E-state index in [2.05, 4.69) is 23.7 Å². The van der Waals surface area contributed by atoms with Gasteiger partial charge in [-0.2, -0.15) is 11.3 Å². The highest BCUT2D eigenvalue weighted by atomic mass is 32.2. The lowest BCUT2D eigenvalue weighted by Gasteiger charge is -2.15. The molecule has 1 heterocycles. The summed E-state index contributed by atoms with van der Waals surface area (Å²) in [6.07, 6.45) is 0. The van der Waals surface area contributed by atoms with E-state index < -0.39 is 10.0 Å². The highest BCUT2D eigenvalue weighted by molar-refractivity contribution is 7.89. The molecule has 0 aliphatic rings. The Morgan fingerprint density at radius 2 is 1.80 bits per heavy atom. The summed E-state index contributed by atoms with van der Waals surface area (Å²) in [7, 11) is -0.302. The molecule has 108 valence electrons. The van der Waals surface area contributed by atoms with Gasteiger partial charge in [0, 0.05) is 25.8 Å². The molecule has 0 spiro atoms. The average Bonchev–Trinajstić information content (AvgIpc) is 2.93. The SMILES string of the molecule is CC(Nc1ccc(S(=O)(=O)N(C)C)cc1)c1ccsc1. The Labute approximate surface area is 124 Å². The highest BCUT2D eigenvalue weighted by Crippen LogP contribution is 2.22. The Morgan fingerprint density at radius 1 is 1.15 bits per heavy atom. The molecule has 20 heavy (non-hydrogen) atoms. The molecule has 1 unspecified atom stereocenters. The first-order valence-corrected chi connectivity index (χ1v) is 8.61. The number of thiophene rings is 1. The summed E-state index contributed by atoms with van der Waals surface area (Å²) < 4.78 is 25.1. The van der Waals surface area contributed by atoms with Crippen LogP contribution in [0.3, 0.4) is 0 Å². The zero-order valence-electron chi connectivity index (χ0n) is 11.7. The van der Waals surface area contributed by atoms with Crippen LogP contribution in [0.4, 0.5) is 5.69 Å². The summed E-state index contributed by atoms with van der Waals surface area (Å²) in [6, 6.07) is 9.10. The predicted octanol–water partition coefficient (Wildman–Crippen LogP) is 3.17. The van der Waals surface area contributed by atoms with Gasteiger partial charge in [-0.3, -0.25) is 0 Å². The van der Waals surface area contributed by atoms with Gasteiger partial charge in [0.05, 0.1) is 4.90 Å². The van der Waals surface area contributed by atoms with Gasteiger partial charge in [0.2, 0.25) is 10.0 Å². The zero-order valence-corrected chi connectivity index (χ0v) is 13.3. The summed E-state index contributed by atoms with van der Waals surface area (Å²) in [5.74, 6) is 0. The van der Waals surface area contributed by atoms with Crippen LogP contribution >= 0.6 is 11.3 Å². The van der Waals surface area contributed by atoms with E-state index >= 15 is 0 Å². The molecule has 0 radical (unpaired) electrons. The molecular formula is C14H18N2O2S2. The first-order chi connectivity index (χ1) is 9.41. The van der Waals surface area contributed by atoms with Crippen LogP contribution in [0.1, 0.15) is 18.5 Å². The third-order valence-corrected chi connectivity index (χ3v) is 5.59. The maximum absolute atomic E-state index is 12.0. The molecule has 1 atom stereocenters. The number of nitrogens with one attached hydrogen (secondary N) is 1. The molecule has 0 saturated carbocycles. The Bertz CT molecular complexity index is 647. The monoisotopic (exact) mass is 310 g/mol. The fraction of sp³-hybridized carbons (Fsp3) is 0.286. The second-order valence-electron chi connectivity index (χ2n) is 4.73. The molecule has 2 aromatic rings. The molecule has 0 aliphatic carbocycles. The fourth-order valence-corrected chi connectivity index (χ4v) is 3.44. The van der Waals surface area contributed by atoms with Gasteiger partial charge in [0.25, 0.3) is 0 Å². The summed E-state index contributed by atoms with van der Waals surface area (Å²) in [4.78, 5) is 0.302. The molecule has 6 heteroatoms. The molecule has 2 rings (SSSR count). The van der Waals surface area contributed by atoms with Gasteiger partial charge in [-0.05, 0) is 53.6 Å². The minimum Gasteiger partial charge on any atom is -0.378 e. The average molecular weight is 310 g/mol. The Kier molecular flexibility index (Phi) is 4.47. The molecule has 0 amide bonds. The van der Waals surface area contributed by atoms with Gasteiger partial charge in [-0.1, -0.05) is 0 Å². The number of anilines is 1. The number of sulfonamides is 1. The van der Waals surface area contributed by atoms with Crippen molar-refractivity contribution in [3.63, 3.8) is 0 Å². The molecule has 1 aromatic heterocycles. The molecule has 0 bridgehead atoms. The molecule has 4 nitrogen and oxygen atoms in total. The first-order valence-electron chi connectivity index (χ1n) is 6.22. The van der Waals surface area contributed by atoms with E-state index in [9.17, 15) is 8.42 Å². The van der Waals surface area contributed by atoms with Crippen molar-refractivity contribution >= 4 is 27.0 Å². The van der Waals surface area contributed by atoms with E-state index in [4.69, 9.17) is 0 Å². The van der Waals surface area contributed by atoms with Crippen molar-refractivity contribution in [1.29, 1.82) is 0 Å². The lowest BCUT2D eigenvalue weighted by molar-refractivity contribution is 0.521. The number of rotatable bonds is 5. The van der Waals surface area contributed by atoms with E-state index in [0.29, 0.717) is 4.90 Å². The van der Waals surface area contributed by atoms with E-state index in [-0.39, 0.29) is 6.04 Å². The number of hydrogen-bond donors (Lipinski definition) is 1. The van der Waals surface area contributed by atoms with Crippen LogP contribution in [0.2, 0.25) is 0 Å². The molecule has 1 aromatic carbocycles. The lowest BCUT2D eigenvalue weighted by atomic mass is 10.2. The van der Waals surface area contributed by atoms with Crippen LogP contribution in [-0.4, -0.2) is 26.8 Å². The standard InChI is InChI=1S/C14H18N2O2S2/c1-11(12-8-9-19-10-12)15-13-4-6-14(7-5-13)20(17,18)16(2)3/h4-11,15H,1-3H3. The van der Waals surface area contributed by atoms with Gasteiger partial charge in [-0.25, -0.2) is 12.7 Å². The van der Waals surface area contributed by atoms with E-state index in [1.165, 1.54) is 24.0 Å². The normalized spacial score (nSPS) is 13.4.